The molecule has 26 heavy (non-hydrogen) atoms. The SMILES string of the molecule is CCNC(=NCc1ccc(CC)s1)NC1CCN(c2cccs2)CC1.I. The maximum absolute atomic E-state index is 4.79. The number of rotatable bonds is 6. The van der Waals surface area contributed by atoms with E-state index >= 15 is 0 Å². The van der Waals surface area contributed by atoms with Gasteiger partial charge in [0.05, 0.1) is 11.5 Å². The fourth-order valence-corrected chi connectivity index (χ4v) is 4.73. The fourth-order valence-electron chi connectivity index (χ4n) is 3.06. The Hall–Kier alpha value is -0.800. The molecule has 144 valence electrons. The van der Waals surface area contributed by atoms with Crippen molar-refractivity contribution in [2.75, 3.05) is 24.5 Å². The summed E-state index contributed by atoms with van der Waals surface area (Å²) in [6.07, 6.45) is 3.41. The van der Waals surface area contributed by atoms with Gasteiger partial charge in [0.15, 0.2) is 5.96 Å². The van der Waals surface area contributed by atoms with Crippen LogP contribution in [0, 0.1) is 0 Å². The van der Waals surface area contributed by atoms with Crippen LogP contribution < -0.4 is 15.5 Å². The van der Waals surface area contributed by atoms with E-state index in [9.17, 15) is 0 Å². The molecule has 2 N–H and O–H groups in total. The minimum atomic E-state index is 0. The summed E-state index contributed by atoms with van der Waals surface area (Å²) < 4.78 is 0. The highest BCUT2D eigenvalue weighted by Gasteiger charge is 2.20. The van der Waals surface area contributed by atoms with E-state index in [-0.39, 0.29) is 24.0 Å². The van der Waals surface area contributed by atoms with Gasteiger partial charge in [-0.25, -0.2) is 4.99 Å². The van der Waals surface area contributed by atoms with Crippen LogP contribution in [0.5, 0.6) is 0 Å². The monoisotopic (exact) mass is 504 g/mol. The first-order valence-corrected chi connectivity index (χ1v) is 10.9. The summed E-state index contributed by atoms with van der Waals surface area (Å²) >= 11 is 3.70. The second-order valence-corrected chi connectivity index (χ2v) is 8.45. The number of halogens is 1. The number of aryl methyl sites for hydroxylation is 1. The number of hydrogen-bond donors (Lipinski definition) is 2. The smallest absolute Gasteiger partial charge is 0.191 e. The predicted molar refractivity (Wildman–Crippen MR) is 127 cm³/mol. The molecule has 1 aliphatic rings. The van der Waals surface area contributed by atoms with Gasteiger partial charge in [-0.05, 0) is 55.8 Å². The third-order valence-electron chi connectivity index (χ3n) is 4.46. The number of piperidine rings is 1. The van der Waals surface area contributed by atoms with Crippen molar-refractivity contribution in [2.45, 2.75) is 45.7 Å². The lowest BCUT2D eigenvalue weighted by Gasteiger charge is -2.33. The zero-order valence-electron chi connectivity index (χ0n) is 15.5. The summed E-state index contributed by atoms with van der Waals surface area (Å²) in [4.78, 5) is 10.0. The van der Waals surface area contributed by atoms with Gasteiger partial charge >= 0.3 is 0 Å². The van der Waals surface area contributed by atoms with Gasteiger partial charge in [0.1, 0.15) is 0 Å². The van der Waals surface area contributed by atoms with Crippen LogP contribution in [0.3, 0.4) is 0 Å². The largest absolute Gasteiger partial charge is 0.363 e. The van der Waals surface area contributed by atoms with Crippen LogP contribution in [-0.2, 0) is 13.0 Å². The summed E-state index contributed by atoms with van der Waals surface area (Å²) in [6, 6.07) is 9.28. The maximum atomic E-state index is 4.79. The van der Waals surface area contributed by atoms with Gasteiger partial charge in [0, 0.05) is 35.4 Å². The zero-order valence-corrected chi connectivity index (χ0v) is 19.5. The van der Waals surface area contributed by atoms with Crippen molar-refractivity contribution in [2.24, 2.45) is 4.99 Å². The second kappa shape index (κ2) is 11.1. The number of anilines is 1. The van der Waals surface area contributed by atoms with Gasteiger partial charge in [0.25, 0.3) is 0 Å². The number of aliphatic imine (C=N–C) groups is 1. The second-order valence-electron chi connectivity index (χ2n) is 6.27. The van der Waals surface area contributed by atoms with Crippen molar-refractivity contribution in [1.29, 1.82) is 0 Å². The van der Waals surface area contributed by atoms with Gasteiger partial charge in [-0.15, -0.1) is 46.7 Å². The van der Waals surface area contributed by atoms with Crippen molar-refractivity contribution in [3.05, 3.63) is 39.4 Å². The van der Waals surface area contributed by atoms with E-state index in [1.54, 1.807) is 0 Å². The molecular formula is C19H29IN4S2. The van der Waals surface area contributed by atoms with Gasteiger partial charge < -0.3 is 15.5 Å². The van der Waals surface area contributed by atoms with Crippen molar-refractivity contribution in [3.63, 3.8) is 0 Å². The fraction of sp³-hybridized carbons (Fsp3) is 0.526. The van der Waals surface area contributed by atoms with E-state index in [4.69, 9.17) is 4.99 Å². The Balaban J connectivity index is 0.00000243. The summed E-state index contributed by atoms with van der Waals surface area (Å²) in [6.45, 7) is 8.20. The summed E-state index contributed by atoms with van der Waals surface area (Å²) in [5, 5.41) is 10.6. The van der Waals surface area contributed by atoms with Crippen LogP contribution in [0.25, 0.3) is 0 Å². The molecule has 0 atom stereocenters. The molecule has 1 aliphatic heterocycles. The molecule has 0 saturated carbocycles. The van der Waals surface area contributed by atoms with Crippen molar-refractivity contribution in [3.8, 4) is 0 Å². The molecule has 0 aromatic carbocycles. The molecule has 2 aromatic rings. The summed E-state index contributed by atoms with van der Waals surface area (Å²) in [5.41, 5.74) is 0. The highest BCUT2D eigenvalue weighted by molar-refractivity contribution is 14.0. The molecule has 0 spiro atoms. The highest BCUT2D eigenvalue weighted by Crippen LogP contribution is 2.24. The molecule has 1 saturated heterocycles. The number of nitrogens with zero attached hydrogens (tertiary/aromatic N) is 2. The average molecular weight is 505 g/mol. The molecule has 2 aromatic heterocycles. The Bertz CT molecular complexity index is 661. The lowest BCUT2D eigenvalue weighted by Crippen LogP contribution is -2.48. The van der Waals surface area contributed by atoms with Gasteiger partial charge in [-0.2, -0.15) is 0 Å². The van der Waals surface area contributed by atoms with E-state index < -0.39 is 0 Å². The molecule has 4 nitrogen and oxygen atoms in total. The molecule has 0 unspecified atom stereocenters. The quantitative estimate of drug-likeness (QED) is 0.340. The Kier molecular flexibility index (Phi) is 9.21. The zero-order chi connectivity index (χ0) is 17.5. The standard InChI is InChI=1S/C19H28N4S2.HI/c1-3-16-7-8-17(25-16)14-21-19(20-4-2)22-15-9-11-23(12-10-15)18-6-5-13-24-18;/h5-8,13,15H,3-4,9-12,14H2,1-2H3,(H2,20,21,22);1H. The van der Waals surface area contributed by atoms with Crippen molar-refractivity contribution < 1.29 is 0 Å². The summed E-state index contributed by atoms with van der Waals surface area (Å²) in [5.74, 6) is 0.948. The number of thiophene rings is 2. The Labute approximate surface area is 182 Å². The number of nitrogens with one attached hydrogen (secondary N) is 2. The van der Waals surface area contributed by atoms with Crippen LogP contribution in [0.4, 0.5) is 5.00 Å². The number of guanidine groups is 1. The van der Waals surface area contributed by atoms with Crippen LogP contribution >= 0.6 is 46.7 Å². The van der Waals surface area contributed by atoms with E-state index in [1.165, 1.54) is 14.8 Å². The summed E-state index contributed by atoms with van der Waals surface area (Å²) in [7, 11) is 0. The predicted octanol–water partition coefficient (Wildman–Crippen LogP) is 4.71. The van der Waals surface area contributed by atoms with Gasteiger partial charge in [-0.3, -0.25) is 0 Å². The topological polar surface area (TPSA) is 39.7 Å². The van der Waals surface area contributed by atoms with E-state index in [0.717, 1.165) is 51.4 Å². The Morgan fingerprint density at radius 3 is 2.58 bits per heavy atom. The molecule has 3 heterocycles. The van der Waals surface area contributed by atoms with E-state index in [0.29, 0.717) is 6.04 Å². The molecule has 1 fully saturated rings. The molecule has 0 aliphatic carbocycles. The third-order valence-corrected chi connectivity index (χ3v) is 6.60. The minimum absolute atomic E-state index is 0. The van der Waals surface area contributed by atoms with Crippen molar-refractivity contribution >= 4 is 57.6 Å². The van der Waals surface area contributed by atoms with Crippen molar-refractivity contribution in [1.82, 2.24) is 10.6 Å². The van der Waals surface area contributed by atoms with Gasteiger partial charge in [-0.1, -0.05) is 6.92 Å². The molecule has 0 bridgehead atoms. The first kappa shape index (κ1) is 21.5. The third kappa shape index (κ3) is 6.13. The Morgan fingerprint density at radius 2 is 1.96 bits per heavy atom. The lowest BCUT2D eigenvalue weighted by molar-refractivity contribution is 0.463. The number of hydrogen-bond acceptors (Lipinski definition) is 4. The average Bonchev–Trinajstić information content (AvgIpc) is 3.32. The van der Waals surface area contributed by atoms with Gasteiger partial charge in [0.2, 0.25) is 0 Å². The minimum Gasteiger partial charge on any atom is -0.363 e. The highest BCUT2D eigenvalue weighted by atomic mass is 127. The Morgan fingerprint density at radius 1 is 1.19 bits per heavy atom. The van der Waals surface area contributed by atoms with Crippen LogP contribution in [-0.4, -0.2) is 31.6 Å². The van der Waals surface area contributed by atoms with Crippen LogP contribution in [0.15, 0.2) is 34.6 Å². The maximum Gasteiger partial charge on any atom is 0.191 e. The first-order chi connectivity index (χ1) is 12.3. The first-order valence-electron chi connectivity index (χ1n) is 9.19. The van der Waals surface area contributed by atoms with E-state index in [1.807, 2.05) is 22.7 Å². The molecule has 3 rings (SSSR count). The van der Waals surface area contributed by atoms with Crippen LogP contribution in [0.1, 0.15) is 36.4 Å². The lowest BCUT2D eigenvalue weighted by atomic mass is 10.1. The molecule has 0 amide bonds. The normalized spacial score (nSPS) is 15.6. The molecular weight excluding hydrogens is 475 g/mol. The molecule has 7 heteroatoms. The molecule has 0 radical (unpaired) electrons. The van der Waals surface area contributed by atoms with E-state index in [2.05, 4.69) is 59.0 Å². The van der Waals surface area contributed by atoms with Crippen LogP contribution in [0.2, 0.25) is 0 Å².